The first-order valence-corrected chi connectivity index (χ1v) is 17.9. The molecule has 2 fully saturated rings. The van der Waals surface area contributed by atoms with Gasteiger partial charge >= 0.3 is 0 Å². The van der Waals surface area contributed by atoms with Gasteiger partial charge in [-0.2, -0.15) is 4.98 Å². The Morgan fingerprint density at radius 2 is 1.93 bits per heavy atom. The predicted molar refractivity (Wildman–Crippen MR) is 187 cm³/mol. The maximum atomic E-state index is 14.9. The van der Waals surface area contributed by atoms with Gasteiger partial charge in [-0.3, -0.25) is 4.99 Å². The molecule has 4 atom stereocenters. The number of aromatic nitrogens is 3. The lowest BCUT2D eigenvalue weighted by atomic mass is 9.52. The van der Waals surface area contributed by atoms with Crippen molar-refractivity contribution in [2.45, 2.75) is 88.9 Å². The van der Waals surface area contributed by atoms with E-state index >= 15 is 0 Å². The van der Waals surface area contributed by atoms with E-state index in [1.165, 1.54) is 18.1 Å². The standard InChI is InChI=1S/C36H45FN6O2S/c1-6-46(45)22-25-10-7-8-17-40-35(25,5)36(15-9-16-36)29-12-11-26(24(2)3)27-20-32(39-21-28(27)29)41-31-13-18-38-33(42-31)43-19-14-30(44)34(4,37)23-43/h7-8,10-13,17-18,20-21,24,30,44H,6,9,14-16,19,22-23H2,1-5H3,(H,38,39,41,42)/t30-,34+,35+,46-/m0/s1. The maximum absolute atomic E-state index is 14.9. The van der Waals surface area contributed by atoms with Crippen LogP contribution in [0.2, 0.25) is 0 Å². The molecule has 1 aliphatic carbocycles. The molecule has 8 nitrogen and oxygen atoms in total. The number of fused-ring (bicyclic) bond motifs is 1. The Hall–Kier alpha value is -3.34. The van der Waals surface area contributed by atoms with Gasteiger partial charge in [0.1, 0.15) is 23.1 Å². The molecule has 46 heavy (non-hydrogen) atoms. The van der Waals surface area contributed by atoms with Gasteiger partial charge in [-0.25, -0.2) is 14.4 Å². The molecule has 0 spiro atoms. The van der Waals surface area contributed by atoms with Crippen molar-refractivity contribution in [2.24, 2.45) is 4.99 Å². The molecule has 2 aromatic heterocycles. The lowest BCUT2D eigenvalue weighted by Gasteiger charge is -2.54. The quantitative estimate of drug-likeness (QED) is 0.249. The zero-order valence-electron chi connectivity index (χ0n) is 27.5. The summed E-state index contributed by atoms with van der Waals surface area (Å²) in [6, 6.07) is 8.41. The molecule has 0 radical (unpaired) electrons. The van der Waals surface area contributed by atoms with Crippen LogP contribution in [0.5, 0.6) is 0 Å². The van der Waals surface area contributed by atoms with E-state index in [2.05, 4.69) is 60.3 Å². The third-order valence-electron chi connectivity index (χ3n) is 10.4. The number of alkyl halides is 1. The fourth-order valence-corrected chi connectivity index (χ4v) is 8.29. The molecule has 4 heterocycles. The average molecular weight is 645 g/mol. The number of allylic oxidation sites excluding steroid dienone is 3. The lowest BCUT2D eigenvalue weighted by Crippen LogP contribution is -2.55. The van der Waals surface area contributed by atoms with Gasteiger partial charge < -0.3 is 19.9 Å². The van der Waals surface area contributed by atoms with Crippen molar-refractivity contribution in [3.05, 3.63) is 71.6 Å². The Morgan fingerprint density at radius 3 is 2.63 bits per heavy atom. The number of anilines is 3. The van der Waals surface area contributed by atoms with Crippen molar-refractivity contribution in [3.8, 4) is 0 Å². The Morgan fingerprint density at radius 1 is 1.13 bits per heavy atom. The second-order valence-electron chi connectivity index (χ2n) is 13.6. The van der Waals surface area contributed by atoms with Gasteiger partial charge in [0.2, 0.25) is 5.95 Å². The number of pyridine rings is 1. The van der Waals surface area contributed by atoms with Crippen LogP contribution in [0.25, 0.3) is 10.8 Å². The van der Waals surface area contributed by atoms with Crippen molar-refractivity contribution in [3.63, 3.8) is 0 Å². The number of hydrogen-bond donors (Lipinski definition) is 2. The summed E-state index contributed by atoms with van der Waals surface area (Å²) in [6.45, 7) is 10.5. The lowest BCUT2D eigenvalue weighted by molar-refractivity contribution is -0.00860. The van der Waals surface area contributed by atoms with Crippen molar-refractivity contribution in [1.82, 2.24) is 15.0 Å². The van der Waals surface area contributed by atoms with Gasteiger partial charge in [0.15, 0.2) is 5.67 Å². The summed E-state index contributed by atoms with van der Waals surface area (Å²) in [5.41, 5.74) is 1.06. The molecule has 3 aromatic rings. The van der Waals surface area contributed by atoms with Crippen LogP contribution >= 0.6 is 0 Å². The molecule has 0 amide bonds. The summed E-state index contributed by atoms with van der Waals surface area (Å²) in [4.78, 5) is 20.9. The molecule has 2 aliphatic heterocycles. The zero-order valence-corrected chi connectivity index (χ0v) is 28.3. The molecule has 0 bridgehead atoms. The van der Waals surface area contributed by atoms with E-state index in [9.17, 15) is 14.0 Å². The van der Waals surface area contributed by atoms with Crippen LogP contribution in [0.1, 0.15) is 77.3 Å². The highest BCUT2D eigenvalue weighted by atomic mass is 32.2. The van der Waals surface area contributed by atoms with E-state index < -0.39 is 28.5 Å². The Labute approximate surface area is 274 Å². The summed E-state index contributed by atoms with van der Waals surface area (Å²) < 4.78 is 27.8. The Kier molecular flexibility index (Phi) is 8.99. The molecule has 3 aliphatic rings. The summed E-state index contributed by atoms with van der Waals surface area (Å²) in [7, 11) is 0. The van der Waals surface area contributed by atoms with Crippen molar-refractivity contribution in [1.29, 1.82) is 0 Å². The van der Waals surface area contributed by atoms with Gasteiger partial charge in [-0.05, 0) is 91.8 Å². The van der Waals surface area contributed by atoms with Gasteiger partial charge in [-0.1, -0.05) is 44.6 Å². The van der Waals surface area contributed by atoms with E-state index in [0.717, 1.165) is 35.6 Å². The number of hydrogen-bond acceptors (Lipinski definition) is 8. The van der Waals surface area contributed by atoms with Gasteiger partial charge in [0.05, 0.1) is 18.2 Å². The van der Waals surface area contributed by atoms with E-state index in [0.29, 0.717) is 42.1 Å². The number of nitrogens with zero attached hydrogens (tertiary/aromatic N) is 5. The Balaban J connectivity index is 1.38. The summed E-state index contributed by atoms with van der Waals surface area (Å²) in [5, 5.41) is 15.7. The number of aliphatic hydroxyl groups excluding tert-OH is 1. The van der Waals surface area contributed by atoms with Crippen LogP contribution in [0.15, 0.2) is 65.5 Å². The van der Waals surface area contributed by atoms with Gasteiger partial charge in [0, 0.05) is 41.5 Å². The molecule has 2 N–H and O–H groups in total. The predicted octanol–water partition coefficient (Wildman–Crippen LogP) is 6.71. The number of rotatable bonds is 9. The normalized spacial score (nSPS) is 26.5. The third kappa shape index (κ3) is 5.84. The number of benzene rings is 1. The zero-order chi connectivity index (χ0) is 32.7. The minimum absolute atomic E-state index is 0.0262. The number of halogens is 1. The van der Waals surface area contributed by atoms with Crippen LogP contribution in [0, 0.1) is 0 Å². The second-order valence-corrected chi connectivity index (χ2v) is 15.3. The molecule has 0 unspecified atom stereocenters. The highest BCUT2D eigenvalue weighted by Crippen LogP contribution is 2.57. The van der Waals surface area contributed by atoms with Crippen LogP contribution in [0.4, 0.5) is 22.0 Å². The molecule has 1 aromatic carbocycles. The van der Waals surface area contributed by atoms with Crippen LogP contribution in [0.3, 0.4) is 0 Å². The van der Waals surface area contributed by atoms with Gasteiger partial charge in [-0.15, -0.1) is 0 Å². The molecular formula is C36H45FN6O2S. The summed E-state index contributed by atoms with van der Waals surface area (Å²) in [6.07, 6.45) is 14.0. The van der Waals surface area contributed by atoms with E-state index in [4.69, 9.17) is 9.98 Å². The molecular weight excluding hydrogens is 600 g/mol. The van der Waals surface area contributed by atoms with E-state index in [1.807, 2.05) is 31.5 Å². The van der Waals surface area contributed by atoms with E-state index in [-0.39, 0.29) is 17.9 Å². The first kappa shape index (κ1) is 32.6. The number of piperidine rings is 1. The highest BCUT2D eigenvalue weighted by molar-refractivity contribution is 7.91. The van der Waals surface area contributed by atoms with Crippen LogP contribution < -0.4 is 10.2 Å². The average Bonchev–Trinajstić information content (AvgIpc) is 3.19. The minimum atomic E-state index is -1.73. The number of aliphatic imine (C=N–C) groups is 1. The number of aliphatic hydroxyl groups is 1. The van der Waals surface area contributed by atoms with Crippen LogP contribution in [-0.2, 0) is 16.6 Å². The Bertz CT molecular complexity index is 1690. The number of nitrogens with one attached hydrogen (secondary N) is 1. The third-order valence-corrected chi connectivity index (χ3v) is 11.6. The highest BCUT2D eigenvalue weighted by Gasteiger charge is 2.56. The molecule has 10 heteroatoms. The minimum Gasteiger partial charge on any atom is -0.616 e. The fourth-order valence-electron chi connectivity index (χ4n) is 7.36. The molecule has 244 valence electrons. The maximum Gasteiger partial charge on any atom is 0.227 e. The molecule has 6 rings (SSSR count). The van der Waals surface area contributed by atoms with E-state index in [1.54, 1.807) is 17.2 Å². The van der Waals surface area contributed by atoms with Gasteiger partial charge in [0.25, 0.3) is 0 Å². The first-order chi connectivity index (χ1) is 22.0. The topological polar surface area (TPSA) is 110 Å². The summed E-state index contributed by atoms with van der Waals surface area (Å²) >= 11 is -0.956. The van der Waals surface area contributed by atoms with Crippen molar-refractivity contribution < 1.29 is 14.0 Å². The SMILES string of the molecule is CC[S@+]([O-])CC1=CC=CC=N[C@@]1(C)C1(c2ccc(C(C)C)c3cc(Nc4ccnc(N5CC[C@H](O)[C@](C)(F)C5)n4)ncc23)CCC1. The fraction of sp³-hybridized carbons (Fsp3) is 0.500. The largest absolute Gasteiger partial charge is 0.616 e. The monoisotopic (exact) mass is 644 g/mol. The first-order valence-electron chi connectivity index (χ1n) is 16.4. The smallest absolute Gasteiger partial charge is 0.227 e. The van der Waals surface area contributed by atoms with Crippen molar-refractivity contribution >= 4 is 45.7 Å². The van der Waals surface area contributed by atoms with Crippen molar-refractivity contribution in [2.75, 3.05) is 34.8 Å². The molecule has 1 saturated heterocycles. The summed E-state index contributed by atoms with van der Waals surface area (Å²) in [5.74, 6) is 3.05. The molecule has 1 saturated carbocycles. The van der Waals surface area contributed by atoms with Crippen LogP contribution in [-0.4, -0.2) is 72.7 Å². The second kappa shape index (κ2) is 12.7.